The van der Waals surface area contributed by atoms with Crippen LogP contribution in [0.25, 0.3) is 0 Å². The minimum Gasteiger partial charge on any atom is -0.409 e. The van der Waals surface area contributed by atoms with Crippen LogP contribution < -0.4 is 11.1 Å². The lowest BCUT2D eigenvalue weighted by atomic mass is 9.67. The van der Waals surface area contributed by atoms with Crippen molar-refractivity contribution in [1.82, 2.24) is 0 Å². The molecule has 4 N–H and O–H groups in total. The van der Waals surface area contributed by atoms with Crippen molar-refractivity contribution < 1.29 is 10.0 Å². The molecule has 0 bridgehead atoms. The lowest BCUT2D eigenvalue weighted by molar-refractivity contribution is -0.125. The Morgan fingerprint density at radius 1 is 1.39 bits per heavy atom. The quantitative estimate of drug-likeness (QED) is 0.254. The van der Waals surface area contributed by atoms with E-state index in [1.54, 1.807) is 0 Å². The summed E-state index contributed by atoms with van der Waals surface area (Å²) in [5, 5.41) is 14.6. The molecule has 1 fully saturated rings. The molecule has 0 aliphatic heterocycles. The molecule has 0 saturated heterocycles. The topological polar surface area (TPSA) is 87.7 Å². The molecule has 0 spiro atoms. The summed E-state index contributed by atoms with van der Waals surface area (Å²) < 4.78 is 1.10. The van der Waals surface area contributed by atoms with Crippen LogP contribution >= 0.6 is 22.6 Å². The number of amides is 1. The van der Waals surface area contributed by atoms with Gasteiger partial charge < -0.3 is 16.3 Å². The van der Waals surface area contributed by atoms with Crippen molar-refractivity contribution in [2.45, 2.75) is 19.3 Å². The van der Waals surface area contributed by atoms with Crippen LogP contribution in [0, 0.1) is 8.99 Å². The predicted molar refractivity (Wildman–Crippen MR) is 77.5 cm³/mol. The zero-order valence-electron chi connectivity index (χ0n) is 9.69. The van der Waals surface area contributed by atoms with Gasteiger partial charge in [0.2, 0.25) is 5.91 Å². The predicted octanol–water partition coefficient (Wildman–Crippen LogP) is 2.15. The van der Waals surface area contributed by atoms with Crippen LogP contribution in [0.5, 0.6) is 0 Å². The van der Waals surface area contributed by atoms with Crippen LogP contribution in [0.3, 0.4) is 0 Å². The third-order valence-corrected chi connectivity index (χ3v) is 4.06. The molecule has 6 heteroatoms. The number of anilines is 1. The van der Waals surface area contributed by atoms with E-state index in [4.69, 9.17) is 10.9 Å². The summed E-state index contributed by atoms with van der Waals surface area (Å²) in [5.41, 5.74) is 5.51. The monoisotopic (exact) mass is 359 g/mol. The van der Waals surface area contributed by atoms with Crippen molar-refractivity contribution in [3.05, 3.63) is 27.8 Å². The Hall–Kier alpha value is -1.31. The zero-order chi connectivity index (χ0) is 13.2. The first-order valence-electron chi connectivity index (χ1n) is 5.63. The lowest BCUT2D eigenvalue weighted by Crippen LogP contribution is -2.51. The van der Waals surface area contributed by atoms with Crippen LogP contribution in [0.1, 0.15) is 19.3 Å². The molecule has 1 aliphatic rings. The SMILES string of the molecule is N/C(=N/O)C1(C(=O)Nc2ccc(I)cc2)CCC1. The van der Waals surface area contributed by atoms with Gasteiger partial charge in [0.25, 0.3) is 0 Å². The number of amidine groups is 1. The first kappa shape index (κ1) is 13.1. The van der Waals surface area contributed by atoms with Crippen molar-refractivity contribution in [3.63, 3.8) is 0 Å². The van der Waals surface area contributed by atoms with Gasteiger partial charge in [-0.3, -0.25) is 4.79 Å². The van der Waals surface area contributed by atoms with Crippen molar-refractivity contribution in [2.24, 2.45) is 16.3 Å². The van der Waals surface area contributed by atoms with E-state index in [0.29, 0.717) is 12.8 Å². The van der Waals surface area contributed by atoms with E-state index in [0.717, 1.165) is 15.7 Å². The number of halogens is 1. The molecule has 2 rings (SSSR count). The fourth-order valence-corrected chi connectivity index (χ4v) is 2.37. The van der Waals surface area contributed by atoms with E-state index in [-0.39, 0.29) is 11.7 Å². The molecule has 0 unspecified atom stereocenters. The normalized spacial score (nSPS) is 17.9. The number of benzene rings is 1. The van der Waals surface area contributed by atoms with E-state index in [9.17, 15) is 4.79 Å². The standard InChI is InChI=1S/C12H14IN3O2/c13-8-2-4-9(5-3-8)15-11(17)12(6-1-7-12)10(14)16-18/h2-5,18H,1,6-7H2,(H2,14,16)(H,15,17). The number of oxime groups is 1. The molecule has 1 amide bonds. The van der Waals surface area contributed by atoms with Crippen molar-refractivity contribution >= 4 is 40.0 Å². The Bertz CT molecular complexity index is 481. The van der Waals surface area contributed by atoms with Crippen LogP contribution in [-0.4, -0.2) is 17.0 Å². The van der Waals surface area contributed by atoms with Gasteiger partial charge in [-0.25, -0.2) is 0 Å². The third kappa shape index (κ3) is 2.29. The highest BCUT2D eigenvalue weighted by molar-refractivity contribution is 14.1. The largest absolute Gasteiger partial charge is 0.409 e. The summed E-state index contributed by atoms with van der Waals surface area (Å²) in [6.07, 6.45) is 2.16. The highest BCUT2D eigenvalue weighted by Gasteiger charge is 2.48. The maximum absolute atomic E-state index is 12.2. The van der Waals surface area contributed by atoms with Gasteiger partial charge in [-0.15, -0.1) is 0 Å². The molecule has 5 nitrogen and oxygen atoms in total. The van der Waals surface area contributed by atoms with E-state index < -0.39 is 5.41 Å². The van der Waals surface area contributed by atoms with Gasteiger partial charge in [0.1, 0.15) is 5.41 Å². The number of carbonyl (C=O) groups is 1. The maximum atomic E-state index is 12.2. The second kappa shape index (κ2) is 5.13. The Kier molecular flexibility index (Phi) is 3.74. The maximum Gasteiger partial charge on any atom is 0.238 e. The smallest absolute Gasteiger partial charge is 0.238 e. The Morgan fingerprint density at radius 3 is 2.44 bits per heavy atom. The number of rotatable bonds is 3. The van der Waals surface area contributed by atoms with Gasteiger partial charge in [0.05, 0.1) is 0 Å². The number of carbonyl (C=O) groups excluding carboxylic acids is 1. The molecule has 0 aromatic heterocycles. The lowest BCUT2D eigenvalue weighted by Gasteiger charge is -2.38. The molecule has 1 aromatic rings. The van der Waals surface area contributed by atoms with Gasteiger partial charge >= 0.3 is 0 Å². The van der Waals surface area contributed by atoms with Crippen LogP contribution in [0.2, 0.25) is 0 Å². The van der Waals surface area contributed by atoms with Crippen LogP contribution in [-0.2, 0) is 4.79 Å². The highest BCUT2D eigenvalue weighted by Crippen LogP contribution is 2.42. The molecular formula is C12H14IN3O2. The van der Waals surface area contributed by atoms with Crippen LogP contribution in [0.15, 0.2) is 29.4 Å². The first-order valence-corrected chi connectivity index (χ1v) is 6.71. The number of nitrogens with zero attached hydrogens (tertiary/aromatic N) is 1. The Balaban J connectivity index is 2.14. The molecular weight excluding hydrogens is 345 g/mol. The Labute approximate surface area is 119 Å². The van der Waals surface area contributed by atoms with Gasteiger partial charge in [-0.2, -0.15) is 0 Å². The fraction of sp³-hybridized carbons (Fsp3) is 0.333. The fourth-order valence-electron chi connectivity index (χ4n) is 2.01. The molecule has 1 aliphatic carbocycles. The summed E-state index contributed by atoms with van der Waals surface area (Å²) in [5.74, 6) is -0.206. The second-order valence-electron chi connectivity index (χ2n) is 4.38. The van der Waals surface area contributed by atoms with Crippen molar-refractivity contribution in [1.29, 1.82) is 0 Å². The minimum absolute atomic E-state index is 0.00300. The highest BCUT2D eigenvalue weighted by atomic mass is 127. The summed E-state index contributed by atoms with van der Waals surface area (Å²) in [7, 11) is 0. The average molecular weight is 359 g/mol. The molecule has 1 aromatic carbocycles. The van der Waals surface area contributed by atoms with Gasteiger partial charge in [0.15, 0.2) is 5.84 Å². The average Bonchev–Trinajstić information content (AvgIpc) is 2.30. The van der Waals surface area contributed by atoms with E-state index >= 15 is 0 Å². The van der Waals surface area contributed by atoms with Crippen molar-refractivity contribution in [2.75, 3.05) is 5.32 Å². The third-order valence-electron chi connectivity index (χ3n) is 3.34. The summed E-state index contributed by atoms with van der Waals surface area (Å²) >= 11 is 2.20. The Morgan fingerprint density at radius 2 is 2.00 bits per heavy atom. The molecule has 18 heavy (non-hydrogen) atoms. The second-order valence-corrected chi connectivity index (χ2v) is 5.63. The molecule has 0 heterocycles. The summed E-state index contributed by atoms with van der Waals surface area (Å²) in [4.78, 5) is 12.2. The van der Waals surface area contributed by atoms with E-state index in [2.05, 4.69) is 33.1 Å². The summed E-state index contributed by atoms with van der Waals surface area (Å²) in [6.45, 7) is 0. The number of hydrogen-bond acceptors (Lipinski definition) is 3. The number of hydrogen-bond donors (Lipinski definition) is 3. The first-order chi connectivity index (χ1) is 8.58. The van der Waals surface area contributed by atoms with Gasteiger partial charge in [0, 0.05) is 9.26 Å². The molecule has 0 atom stereocenters. The minimum atomic E-state index is -0.836. The molecule has 1 saturated carbocycles. The van der Waals surface area contributed by atoms with Gasteiger partial charge in [-0.05, 0) is 59.7 Å². The zero-order valence-corrected chi connectivity index (χ0v) is 11.8. The van der Waals surface area contributed by atoms with Gasteiger partial charge in [-0.1, -0.05) is 11.6 Å². The van der Waals surface area contributed by atoms with Crippen LogP contribution in [0.4, 0.5) is 5.69 Å². The molecule has 96 valence electrons. The van der Waals surface area contributed by atoms with E-state index in [1.807, 2.05) is 24.3 Å². The number of nitrogens with two attached hydrogens (primary N) is 1. The molecule has 0 radical (unpaired) electrons. The van der Waals surface area contributed by atoms with Crippen molar-refractivity contribution in [3.8, 4) is 0 Å². The van der Waals surface area contributed by atoms with E-state index in [1.165, 1.54) is 0 Å². The number of nitrogens with one attached hydrogen (secondary N) is 1. The summed E-state index contributed by atoms with van der Waals surface area (Å²) in [6, 6.07) is 7.48.